The minimum Gasteiger partial charge on any atom is -0.485 e. The van der Waals surface area contributed by atoms with Crippen molar-refractivity contribution in [2.45, 2.75) is 25.5 Å². The van der Waals surface area contributed by atoms with E-state index in [-0.39, 0.29) is 18.0 Å². The molecule has 2 nitrogen and oxygen atoms in total. The van der Waals surface area contributed by atoms with Gasteiger partial charge in [-0.05, 0) is 24.7 Å². The summed E-state index contributed by atoms with van der Waals surface area (Å²) in [5.74, 6) is 0.473. The van der Waals surface area contributed by atoms with Crippen molar-refractivity contribution in [1.82, 2.24) is 5.32 Å². The Bertz CT molecular complexity index is 626. The fourth-order valence-electron chi connectivity index (χ4n) is 2.85. The lowest BCUT2D eigenvalue weighted by Gasteiger charge is -2.33. The van der Waals surface area contributed by atoms with E-state index in [1.54, 1.807) is 12.1 Å². The number of para-hydroxylation sites is 1. The van der Waals surface area contributed by atoms with Crippen LogP contribution in [0.5, 0.6) is 5.75 Å². The molecule has 2 unspecified atom stereocenters. The zero-order valence-electron chi connectivity index (χ0n) is 11.8. The lowest BCUT2D eigenvalue weighted by atomic mass is 9.92. The molecule has 1 aliphatic heterocycles. The average Bonchev–Trinajstić information content (AvgIpc) is 2.47. The molecule has 0 aromatic heterocycles. The van der Waals surface area contributed by atoms with Crippen LogP contribution in [0.1, 0.15) is 36.6 Å². The van der Waals surface area contributed by atoms with Gasteiger partial charge in [0.05, 0.1) is 5.02 Å². The van der Waals surface area contributed by atoms with Gasteiger partial charge < -0.3 is 10.1 Å². The molecule has 0 fully saturated rings. The first kappa shape index (κ1) is 14.4. The average molecular weight is 306 g/mol. The summed E-state index contributed by atoms with van der Waals surface area (Å²) in [4.78, 5) is 0. The number of hydrogen-bond donors (Lipinski definition) is 1. The molecule has 1 heterocycles. The Balaban J connectivity index is 2.00. The lowest BCUT2D eigenvalue weighted by molar-refractivity contribution is 0.148. The van der Waals surface area contributed by atoms with Crippen molar-refractivity contribution < 1.29 is 9.13 Å². The van der Waals surface area contributed by atoms with Gasteiger partial charge in [0.15, 0.2) is 0 Å². The van der Waals surface area contributed by atoms with Crippen molar-refractivity contribution in [3.63, 3.8) is 0 Å². The zero-order valence-corrected chi connectivity index (χ0v) is 12.5. The van der Waals surface area contributed by atoms with Gasteiger partial charge in [0.2, 0.25) is 0 Å². The normalized spacial score (nSPS) is 20.7. The number of hydrogen-bond acceptors (Lipinski definition) is 2. The summed E-state index contributed by atoms with van der Waals surface area (Å²) in [5, 5.41) is 3.85. The molecule has 1 N–H and O–H groups in total. The maximum atomic E-state index is 14.1. The smallest absolute Gasteiger partial charge is 0.131 e. The molecule has 0 radical (unpaired) electrons. The van der Waals surface area contributed by atoms with E-state index in [9.17, 15) is 4.39 Å². The van der Waals surface area contributed by atoms with Gasteiger partial charge in [0.25, 0.3) is 0 Å². The highest BCUT2D eigenvalue weighted by Gasteiger charge is 2.31. The third-order valence-electron chi connectivity index (χ3n) is 3.79. The second-order valence-corrected chi connectivity index (χ2v) is 5.53. The molecule has 2 aromatic carbocycles. The maximum absolute atomic E-state index is 14.1. The van der Waals surface area contributed by atoms with Crippen LogP contribution in [-0.2, 0) is 0 Å². The third kappa shape index (κ3) is 2.76. The number of rotatable bonds is 3. The van der Waals surface area contributed by atoms with Crippen molar-refractivity contribution in [3.8, 4) is 5.75 Å². The number of halogens is 2. The summed E-state index contributed by atoms with van der Waals surface area (Å²) < 4.78 is 20.1. The number of ether oxygens (including phenoxy) is 1. The third-order valence-corrected chi connectivity index (χ3v) is 4.12. The van der Waals surface area contributed by atoms with Gasteiger partial charge in [-0.25, -0.2) is 4.39 Å². The Morgan fingerprint density at radius 1 is 1.24 bits per heavy atom. The van der Waals surface area contributed by atoms with Gasteiger partial charge in [0.1, 0.15) is 17.7 Å². The molecule has 4 heteroatoms. The minimum absolute atomic E-state index is 0.139. The van der Waals surface area contributed by atoms with Crippen molar-refractivity contribution in [1.29, 1.82) is 0 Å². The molecule has 21 heavy (non-hydrogen) atoms. The molecule has 0 spiro atoms. The van der Waals surface area contributed by atoms with Crippen molar-refractivity contribution in [2.75, 3.05) is 6.54 Å². The molecule has 110 valence electrons. The first-order valence-corrected chi connectivity index (χ1v) is 7.51. The molecule has 0 saturated heterocycles. The van der Waals surface area contributed by atoms with E-state index < -0.39 is 0 Å². The second kappa shape index (κ2) is 6.04. The van der Waals surface area contributed by atoms with E-state index in [0.29, 0.717) is 17.0 Å². The van der Waals surface area contributed by atoms with Crippen molar-refractivity contribution >= 4 is 11.6 Å². The van der Waals surface area contributed by atoms with Crippen LogP contribution in [0.15, 0.2) is 42.5 Å². The van der Waals surface area contributed by atoms with Crippen LogP contribution in [0.25, 0.3) is 0 Å². The number of fused-ring (bicyclic) bond motifs is 1. The van der Waals surface area contributed by atoms with Gasteiger partial charge >= 0.3 is 0 Å². The molecule has 2 atom stereocenters. The summed E-state index contributed by atoms with van der Waals surface area (Å²) >= 11 is 6.17. The van der Waals surface area contributed by atoms with Crippen LogP contribution < -0.4 is 10.1 Å². The SMILES string of the molecule is CCNC1CC(c2c(F)cccc2Cl)Oc2ccccc21. The molecule has 3 rings (SSSR count). The standard InChI is InChI=1S/C17H17ClFNO/c1-2-20-14-10-16(17-12(18)7-5-8-13(17)19)21-15-9-4-3-6-11(14)15/h3-9,14,16,20H,2,10H2,1H3. The largest absolute Gasteiger partial charge is 0.485 e. The highest BCUT2D eigenvalue weighted by Crippen LogP contribution is 2.42. The van der Waals surface area contributed by atoms with Crippen LogP contribution in [0, 0.1) is 5.82 Å². The quantitative estimate of drug-likeness (QED) is 0.891. The predicted octanol–water partition coefficient (Wildman–Crippen LogP) is 4.65. The summed E-state index contributed by atoms with van der Waals surface area (Å²) in [6.45, 7) is 2.90. The van der Waals surface area contributed by atoms with Gasteiger partial charge in [-0.15, -0.1) is 0 Å². The van der Waals surface area contributed by atoms with Crippen LogP contribution in [-0.4, -0.2) is 6.54 Å². The van der Waals surface area contributed by atoms with E-state index in [1.807, 2.05) is 24.3 Å². The van der Waals surface area contributed by atoms with Gasteiger partial charge in [-0.3, -0.25) is 0 Å². The summed E-state index contributed by atoms with van der Waals surface area (Å²) in [7, 11) is 0. The fraction of sp³-hybridized carbons (Fsp3) is 0.294. The Morgan fingerprint density at radius 3 is 2.81 bits per heavy atom. The molecule has 0 bridgehead atoms. The van der Waals surface area contributed by atoms with E-state index in [1.165, 1.54) is 6.07 Å². The first-order valence-electron chi connectivity index (χ1n) is 7.13. The summed E-state index contributed by atoms with van der Waals surface area (Å²) in [6, 6.07) is 12.7. The molecule has 0 amide bonds. The lowest BCUT2D eigenvalue weighted by Crippen LogP contribution is -2.29. The molecule has 1 aliphatic rings. The Hall–Kier alpha value is -1.58. The molecule has 2 aromatic rings. The van der Waals surface area contributed by atoms with Gasteiger partial charge in [-0.2, -0.15) is 0 Å². The summed E-state index contributed by atoms with van der Waals surface area (Å²) in [5.41, 5.74) is 1.56. The molecule has 0 aliphatic carbocycles. The van der Waals surface area contributed by atoms with Crippen LogP contribution in [0.2, 0.25) is 5.02 Å². The Labute approximate surface area is 128 Å². The predicted molar refractivity (Wildman–Crippen MR) is 82.3 cm³/mol. The van der Waals surface area contributed by atoms with Gasteiger partial charge in [0, 0.05) is 23.6 Å². The first-order chi connectivity index (χ1) is 10.2. The summed E-state index contributed by atoms with van der Waals surface area (Å²) in [6.07, 6.45) is 0.281. The highest BCUT2D eigenvalue weighted by molar-refractivity contribution is 6.31. The Kier molecular flexibility index (Phi) is 4.13. The zero-order chi connectivity index (χ0) is 14.8. The van der Waals surface area contributed by atoms with E-state index in [4.69, 9.17) is 16.3 Å². The number of nitrogens with one attached hydrogen (secondary N) is 1. The minimum atomic E-state index is -0.377. The van der Waals surface area contributed by atoms with E-state index in [2.05, 4.69) is 12.2 Å². The molecular formula is C17H17ClFNO. The molecular weight excluding hydrogens is 289 g/mol. The van der Waals surface area contributed by atoms with Crippen molar-refractivity contribution in [2.24, 2.45) is 0 Å². The van der Waals surface area contributed by atoms with Crippen LogP contribution in [0.4, 0.5) is 4.39 Å². The highest BCUT2D eigenvalue weighted by atomic mass is 35.5. The second-order valence-electron chi connectivity index (χ2n) is 5.13. The Morgan fingerprint density at radius 2 is 2.05 bits per heavy atom. The fourth-order valence-corrected chi connectivity index (χ4v) is 3.14. The number of benzene rings is 2. The topological polar surface area (TPSA) is 21.3 Å². The van der Waals surface area contributed by atoms with E-state index in [0.717, 1.165) is 17.9 Å². The maximum Gasteiger partial charge on any atom is 0.131 e. The van der Waals surface area contributed by atoms with Gasteiger partial charge in [-0.1, -0.05) is 42.8 Å². The monoisotopic (exact) mass is 305 g/mol. The molecule has 0 saturated carbocycles. The van der Waals surface area contributed by atoms with Crippen LogP contribution in [0.3, 0.4) is 0 Å². The van der Waals surface area contributed by atoms with Crippen LogP contribution >= 0.6 is 11.6 Å². The van der Waals surface area contributed by atoms with Crippen molar-refractivity contribution in [3.05, 3.63) is 64.4 Å². The van der Waals surface area contributed by atoms with E-state index >= 15 is 0 Å².